The molecule has 2 nitrogen and oxygen atoms in total. The number of carbonyl (C=O) groups excluding carboxylic acids is 1. The molecule has 0 spiro atoms. The summed E-state index contributed by atoms with van der Waals surface area (Å²) < 4.78 is 18.3. The summed E-state index contributed by atoms with van der Waals surface area (Å²) in [6.07, 6.45) is 0. The summed E-state index contributed by atoms with van der Waals surface area (Å²) >= 11 is 1.63. The first-order chi connectivity index (χ1) is 9.60. The molecule has 2 aromatic rings. The minimum atomic E-state index is -0.653. The molecule has 4 heteroatoms. The highest BCUT2D eigenvalue weighted by atomic mass is 32.2. The van der Waals surface area contributed by atoms with Crippen molar-refractivity contribution in [3.63, 3.8) is 0 Å². The fourth-order valence-electron chi connectivity index (χ4n) is 1.73. The van der Waals surface area contributed by atoms with Gasteiger partial charge in [0.15, 0.2) is 0 Å². The summed E-state index contributed by atoms with van der Waals surface area (Å²) in [6.45, 7) is 2.04. The molecule has 0 aliphatic rings. The zero-order chi connectivity index (χ0) is 14.5. The van der Waals surface area contributed by atoms with Crippen LogP contribution in [0.4, 0.5) is 4.39 Å². The molecule has 0 radical (unpaired) electrons. The number of hydrogen-bond donors (Lipinski definition) is 0. The van der Waals surface area contributed by atoms with Gasteiger partial charge in [0.05, 0.1) is 12.7 Å². The molecule has 0 N–H and O–H groups in total. The maximum Gasteiger partial charge on any atom is 0.340 e. The molecule has 2 aromatic carbocycles. The van der Waals surface area contributed by atoms with Crippen LogP contribution in [0.25, 0.3) is 0 Å². The first kappa shape index (κ1) is 14.6. The van der Waals surface area contributed by atoms with Crippen LogP contribution in [0.5, 0.6) is 0 Å². The average molecular weight is 290 g/mol. The van der Waals surface area contributed by atoms with Gasteiger partial charge in [-0.1, -0.05) is 23.8 Å². The molecule has 0 unspecified atom stereocenters. The van der Waals surface area contributed by atoms with Gasteiger partial charge < -0.3 is 4.74 Å². The van der Waals surface area contributed by atoms with E-state index in [2.05, 4.69) is 4.74 Å². The average Bonchev–Trinajstić information content (AvgIpc) is 2.46. The molecular weight excluding hydrogens is 275 g/mol. The molecule has 0 aliphatic heterocycles. The number of rotatable bonds is 4. The molecule has 0 aromatic heterocycles. The lowest BCUT2D eigenvalue weighted by Crippen LogP contribution is -2.04. The number of thioether (sulfide) groups is 1. The molecule has 0 saturated carbocycles. The molecule has 0 bridgehead atoms. The van der Waals surface area contributed by atoms with Crippen LogP contribution in [-0.4, -0.2) is 13.1 Å². The Balaban J connectivity index is 2.05. The van der Waals surface area contributed by atoms with E-state index in [4.69, 9.17) is 0 Å². The summed E-state index contributed by atoms with van der Waals surface area (Å²) in [5.74, 6) is -0.541. The van der Waals surface area contributed by atoms with Gasteiger partial charge >= 0.3 is 5.97 Å². The summed E-state index contributed by atoms with van der Waals surface area (Å²) in [6, 6.07) is 12.8. The second-order valence-electron chi connectivity index (χ2n) is 4.41. The largest absolute Gasteiger partial charge is 0.465 e. The molecule has 20 heavy (non-hydrogen) atoms. The van der Waals surface area contributed by atoms with Crippen molar-refractivity contribution in [3.05, 3.63) is 65.0 Å². The van der Waals surface area contributed by atoms with Crippen LogP contribution in [0.15, 0.2) is 47.4 Å². The lowest BCUT2D eigenvalue weighted by atomic mass is 10.1. The number of esters is 1. The predicted octanol–water partition coefficient (Wildman–Crippen LogP) is 4.21. The number of aryl methyl sites for hydroxylation is 1. The first-order valence-corrected chi connectivity index (χ1v) is 7.15. The van der Waals surface area contributed by atoms with E-state index in [9.17, 15) is 9.18 Å². The molecule has 0 amide bonds. The Bertz CT molecular complexity index is 608. The van der Waals surface area contributed by atoms with Crippen molar-refractivity contribution in [2.45, 2.75) is 17.6 Å². The Morgan fingerprint density at radius 1 is 1.20 bits per heavy atom. The highest BCUT2D eigenvalue weighted by Gasteiger charge is 2.12. The number of ether oxygens (including phenoxy) is 1. The normalized spacial score (nSPS) is 10.3. The third-order valence-corrected chi connectivity index (χ3v) is 3.95. The van der Waals surface area contributed by atoms with Gasteiger partial charge in [-0.2, -0.15) is 0 Å². The molecule has 0 fully saturated rings. The van der Waals surface area contributed by atoms with Crippen LogP contribution in [0, 0.1) is 12.7 Å². The number of hydrogen-bond acceptors (Lipinski definition) is 3. The van der Waals surface area contributed by atoms with Crippen molar-refractivity contribution in [1.82, 2.24) is 0 Å². The van der Waals surface area contributed by atoms with Gasteiger partial charge in [-0.25, -0.2) is 9.18 Å². The molecule has 2 rings (SSSR count). The summed E-state index contributed by atoms with van der Waals surface area (Å²) in [5.41, 5.74) is 2.01. The van der Waals surface area contributed by atoms with Crippen LogP contribution in [0.3, 0.4) is 0 Å². The fraction of sp³-hybridized carbons (Fsp3) is 0.188. The van der Waals surface area contributed by atoms with E-state index in [1.165, 1.54) is 24.8 Å². The third-order valence-electron chi connectivity index (χ3n) is 2.87. The lowest BCUT2D eigenvalue weighted by molar-refractivity contribution is 0.0595. The van der Waals surface area contributed by atoms with Gasteiger partial charge in [-0.05, 0) is 36.8 Å². The van der Waals surface area contributed by atoms with E-state index in [0.717, 1.165) is 10.5 Å². The van der Waals surface area contributed by atoms with E-state index in [0.29, 0.717) is 5.75 Å². The smallest absolute Gasteiger partial charge is 0.340 e. The second-order valence-corrected chi connectivity index (χ2v) is 5.46. The molecule has 0 atom stereocenters. The van der Waals surface area contributed by atoms with E-state index in [1.54, 1.807) is 17.8 Å². The van der Waals surface area contributed by atoms with Crippen LogP contribution >= 0.6 is 11.8 Å². The second kappa shape index (κ2) is 6.57. The molecule has 0 saturated heterocycles. The van der Waals surface area contributed by atoms with E-state index in [-0.39, 0.29) is 5.56 Å². The Morgan fingerprint density at radius 3 is 2.50 bits per heavy atom. The zero-order valence-corrected chi connectivity index (χ0v) is 12.2. The maximum atomic E-state index is 13.8. The monoisotopic (exact) mass is 290 g/mol. The van der Waals surface area contributed by atoms with Crippen molar-refractivity contribution in [2.75, 3.05) is 7.11 Å². The molecule has 104 valence electrons. The SMILES string of the molecule is COC(=O)c1ccc(CSc2ccc(C)cc2)cc1F. The van der Waals surface area contributed by atoms with Gasteiger partial charge in [0.2, 0.25) is 0 Å². The Morgan fingerprint density at radius 2 is 1.90 bits per heavy atom. The summed E-state index contributed by atoms with van der Waals surface area (Å²) in [5, 5.41) is 0. The first-order valence-electron chi connectivity index (χ1n) is 6.16. The van der Waals surface area contributed by atoms with Crippen molar-refractivity contribution in [1.29, 1.82) is 0 Å². The van der Waals surface area contributed by atoms with Crippen LogP contribution in [-0.2, 0) is 10.5 Å². The van der Waals surface area contributed by atoms with E-state index < -0.39 is 11.8 Å². The lowest BCUT2D eigenvalue weighted by Gasteiger charge is -2.05. The Labute approximate surface area is 122 Å². The zero-order valence-electron chi connectivity index (χ0n) is 11.4. The van der Waals surface area contributed by atoms with Crippen LogP contribution in [0.1, 0.15) is 21.5 Å². The highest BCUT2D eigenvalue weighted by Crippen LogP contribution is 2.24. The minimum absolute atomic E-state index is 0.0309. The van der Waals surface area contributed by atoms with Crippen LogP contribution < -0.4 is 0 Å². The predicted molar refractivity (Wildman–Crippen MR) is 78.5 cm³/mol. The van der Waals surface area contributed by atoms with Crippen molar-refractivity contribution < 1.29 is 13.9 Å². The molecule has 0 heterocycles. The number of benzene rings is 2. The summed E-state index contributed by atoms with van der Waals surface area (Å²) in [7, 11) is 1.24. The fourth-order valence-corrected chi connectivity index (χ4v) is 2.57. The maximum absolute atomic E-state index is 13.8. The van der Waals surface area contributed by atoms with Crippen molar-refractivity contribution in [3.8, 4) is 0 Å². The molecule has 0 aliphatic carbocycles. The molecular formula is C16H15FO2S. The van der Waals surface area contributed by atoms with Crippen LogP contribution in [0.2, 0.25) is 0 Å². The van der Waals surface area contributed by atoms with Crippen molar-refractivity contribution in [2.24, 2.45) is 0 Å². The van der Waals surface area contributed by atoms with Gasteiger partial charge in [-0.15, -0.1) is 11.8 Å². The van der Waals surface area contributed by atoms with E-state index in [1.807, 2.05) is 31.2 Å². The number of halogens is 1. The van der Waals surface area contributed by atoms with Crippen molar-refractivity contribution >= 4 is 17.7 Å². The van der Waals surface area contributed by atoms with Gasteiger partial charge in [0.25, 0.3) is 0 Å². The minimum Gasteiger partial charge on any atom is -0.465 e. The standard InChI is InChI=1S/C16H15FO2S/c1-11-3-6-13(7-4-11)20-10-12-5-8-14(15(17)9-12)16(18)19-2/h3-9H,10H2,1-2H3. The quantitative estimate of drug-likeness (QED) is 0.623. The topological polar surface area (TPSA) is 26.3 Å². The van der Waals surface area contributed by atoms with Gasteiger partial charge in [0, 0.05) is 10.6 Å². The number of carbonyl (C=O) groups is 1. The highest BCUT2D eigenvalue weighted by molar-refractivity contribution is 7.98. The number of methoxy groups -OCH3 is 1. The Hall–Kier alpha value is -1.81. The van der Waals surface area contributed by atoms with Gasteiger partial charge in [0.1, 0.15) is 5.82 Å². The Kier molecular flexibility index (Phi) is 4.79. The van der Waals surface area contributed by atoms with E-state index >= 15 is 0 Å². The summed E-state index contributed by atoms with van der Waals surface area (Å²) in [4.78, 5) is 12.4. The van der Waals surface area contributed by atoms with Gasteiger partial charge in [-0.3, -0.25) is 0 Å². The third kappa shape index (κ3) is 3.61.